The zero-order valence-electron chi connectivity index (χ0n) is 7.19. The molecule has 1 amide bonds. The summed E-state index contributed by atoms with van der Waals surface area (Å²) in [5.74, 6) is 0. The highest BCUT2D eigenvalue weighted by Gasteiger charge is 1.98. The number of amides is 1. The van der Waals surface area contributed by atoms with E-state index in [1.807, 2.05) is 30.3 Å². The highest BCUT2D eigenvalue weighted by molar-refractivity contribution is 5.66. The molecule has 0 unspecified atom stereocenters. The van der Waals surface area contributed by atoms with Gasteiger partial charge in [0.15, 0.2) is 0 Å². The Hall–Kier alpha value is -1.55. The first-order valence-corrected chi connectivity index (χ1v) is 3.97. The van der Waals surface area contributed by atoms with Gasteiger partial charge >= 0.3 is 6.09 Å². The second-order valence-corrected chi connectivity index (χ2v) is 2.44. The van der Waals surface area contributed by atoms with Crippen molar-refractivity contribution < 1.29 is 9.53 Å². The predicted molar refractivity (Wildman–Crippen MR) is 48.8 cm³/mol. The van der Waals surface area contributed by atoms with Crippen molar-refractivity contribution in [1.29, 1.82) is 0 Å². The number of rotatable bonds is 3. The third kappa shape index (κ3) is 3.57. The number of carbonyl (C=O) groups excluding carboxylic acids is 1. The second kappa shape index (κ2) is 5.16. The van der Waals surface area contributed by atoms with Gasteiger partial charge < -0.3 is 15.8 Å². The highest BCUT2D eigenvalue weighted by Crippen LogP contribution is 1.99. The van der Waals surface area contributed by atoms with Gasteiger partial charge in [-0.15, -0.1) is 0 Å². The van der Waals surface area contributed by atoms with Crippen molar-refractivity contribution in [3.05, 3.63) is 35.9 Å². The lowest BCUT2D eigenvalue weighted by Gasteiger charge is -2.04. The van der Waals surface area contributed by atoms with E-state index in [2.05, 4.69) is 5.32 Å². The normalized spacial score (nSPS) is 9.31. The fraction of sp³-hybridized carbons (Fsp3) is 0.222. The van der Waals surface area contributed by atoms with E-state index in [1.165, 1.54) is 0 Å². The minimum absolute atomic E-state index is 0.0909. The lowest BCUT2D eigenvalue weighted by atomic mass is 10.2. The standard InChI is InChI=1S/C9H12N2O2/c10-7-11-9(12)13-6-8-4-2-1-3-5-8/h1-5H,6-7,10H2,(H,11,12). The van der Waals surface area contributed by atoms with Gasteiger partial charge in [-0.1, -0.05) is 30.3 Å². The molecule has 0 radical (unpaired) electrons. The van der Waals surface area contributed by atoms with Crippen LogP contribution in [0.3, 0.4) is 0 Å². The maximum atomic E-state index is 10.8. The predicted octanol–water partition coefficient (Wildman–Crippen LogP) is 0.829. The molecule has 0 bridgehead atoms. The molecule has 0 fully saturated rings. The Kier molecular flexibility index (Phi) is 3.78. The monoisotopic (exact) mass is 180 g/mol. The minimum Gasteiger partial charge on any atom is -0.445 e. The van der Waals surface area contributed by atoms with Crippen LogP contribution in [0.4, 0.5) is 4.79 Å². The van der Waals surface area contributed by atoms with E-state index < -0.39 is 6.09 Å². The largest absolute Gasteiger partial charge is 0.445 e. The Morgan fingerprint density at radius 2 is 2.08 bits per heavy atom. The molecule has 0 atom stereocenters. The van der Waals surface area contributed by atoms with Crippen LogP contribution in [0.1, 0.15) is 5.56 Å². The zero-order chi connectivity index (χ0) is 9.52. The molecule has 0 aliphatic heterocycles. The molecular weight excluding hydrogens is 168 g/mol. The first kappa shape index (κ1) is 9.54. The Labute approximate surface area is 76.7 Å². The number of hydrogen-bond donors (Lipinski definition) is 2. The SMILES string of the molecule is NCNC(=O)OCc1ccccc1. The topological polar surface area (TPSA) is 64.3 Å². The van der Waals surface area contributed by atoms with Gasteiger partial charge in [0.2, 0.25) is 0 Å². The molecule has 0 spiro atoms. The maximum absolute atomic E-state index is 10.8. The van der Waals surface area contributed by atoms with Crippen molar-refractivity contribution in [2.24, 2.45) is 5.73 Å². The van der Waals surface area contributed by atoms with Crippen LogP contribution in [0.5, 0.6) is 0 Å². The fourth-order valence-corrected chi connectivity index (χ4v) is 0.857. The highest BCUT2D eigenvalue weighted by atomic mass is 16.5. The van der Waals surface area contributed by atoms with Gasteiger partial charge in [0.25, 0.3) is 0 Å². The summed E-state index contributed by atoms with van der Waals surface area (Å²) in [6.45, 7) is 0.361. The molecular formula is C9H12N2O2. The number of carbonyl (C=O) groups is 1. The molecule has 4 heteroatoms. The van der Waals surface area contributed by atoms with E-state index in [9.17, 15) is 4.79 Å². The van der Waals surface area contributed by atoms with Gasteiger partial charge in [0.05, 0.1) is 6.67 Å². The van der Waals surface area contributed by atoms with Gasteiger partial charge in [-0.3, -0.25) is 0 Å². The quantitative estimate of drug-likeness (QED) is 0.677. The smallest absolute Gasteiger partial charge is 0.408 e. The van der Waals surface area contributed by atoms with Crippen LogP contribution < -0.4 is 11.1 Å². The number of nitrogens with two attached hydrogens (primary N) is 1. The molecule has 1 aromatic carbocycles. The summed E-state index contributed by atoms with van der Waals surface area (Å²) >= 11 is 0. The summed E-state index contributed by atoms with van der Waals surface area (Å²) in [5, 5.41) is 2.33. The number of hydrogen-bond acceptors (Lipinski definition) is 3. The Balaban J connectivity index is 2.31. The Bertz CT molecular complexity index is 262. The van der Waals surface area contributed by atoms with Crippen LogP contribution in [-0.4, -0.2) is 12.8 Å². The first-order valence-electron chi connectivity index (χ1n) is 3.97. The minimum atomic E-state index is -0.494. The van der Waals surface area contributed by atoms with E-state index in [0.717, 1.165) is 5.56 Å². The van der Waals surface area contributed by atoms with Gasteiger partial charge in [-0.25, -0.2) is 4.79 Å². The molecule has 1 rings (SSSR count). The summed E-state index contributed by atoms with van der Waals surface area (Å²) in [5.41, 5.74) is 6.04. The Morgan fingerprint density at radius 3 is 2.69 bits per heavy atom. The average molecular weight is 180 g/mol. The van der Waals surface area contributed by atoms with Crippen molar-refractivity contribution in [3.63, 3.8) is 0 Å². The number of ether oxygens (including phenoxy) is 1. The molecule has 70 valence electrons. The van der Waals surface area contributed by atoms with Gasteiger partial charge in [-0.05, 0) is 5.56 Å². The van der Waals surface area contributed by atoms with Crippen molar-refractivity contribution in [1.82, 2.24) is 5.32 Å². The van der Waals surface area contributed by atoms with Crippen LogP contribution in [0.2, 0.25) is 0 Å². The van der Waals surface area contributed by atoms with Crippen LogP contribution in [-0.2, 0) is 11.3 Å². The lowest BCUT2D eigenvalue weighted by Crippen LogP contribution is -2.29. The zero-order valence-corrected chi connectivity index (χ0v) is 7.19. The molecule has 4 nitrogen and oxygen atoms in total. The third-order valence-corrected chi connectivity index (χ3v) is 1.46. The second-order valence-electron chi connectivity index (χ2n) is 2.44. The number of benzene rings is 1. The van der Waals surface area contributed by atoms with E-state index >= 15 is 0 Å². The molecule has 1 aromatic rings. The summed E-state index contributed by atoms with van der Waals surface area (Å²) < 4.78 is 4.84. The molecule has 3 N–H and O–H groups in total. The molecule has 0 saturated heterocycles. The summed E-state index contributed by atoms with van der Waals surface area (Å²) in [6, 6.07) is 9.45. The number of nitrogens with one attached hydrogen (secondary N) is 1. The van der Waals surface area contributed by atoms with Gasteiger partial charge in [0, 0.05) is 0 Å². The molecule has 13 heavy (non-hydrogen) atoms. The van der Waals surface area contributed by atoms with Crippen LogP contribution in [0, 0.1) is 0 Å². The van der Waals surface area contributed by atoms with Crippen LogP contribution >= 0.6 is 0 Å². The molecule has 0 aliphatic rings. The molecule has 0 aliphatic carbocycles. The maximum Gasteiger partial charge on any atom is 0.408 e. The van der Waals surface area contributed by atoms with E-state index in [4.69, 9.17) is 10.5 Å². The van der Waals surface area contributed by atoms with Crippen molar-refractivity contribution in [3.8, 4) is 0 Å². The summed E-state index contributed by atoms with van der Waals surface area (Å²) in [7, 11) is 0. The van der Waals surface area contributed by atoms with Crippen molar-refractivity contribution >= 4 is 6.09 Å². The first-order chi connectivity index (χ1) is 6.33. The van der Waals surface area contributed by atoms with E-state index in [1.54, 1.807) is 0 Å². The summed E-state index contributed by atoms with van der Waals surface area (Å²) in [4.78, 5) is 10.8. The van der Waals surface area contributed by atoms with Gasteiger partial charge in [0.1, 0.15) is 6.61 Å². The van der Waals surface area contributed by atoms with Crippen molar-refractivity contribution in [2.75, 3.05) is 6.67 Å². The van der Waals surface area contributed by atoms with E-state index in [-0.39, 0.29) is 13.3 Å². The molecule has 0 aromatic heterocycles. The fourth-order valence-electron chi connectivity index (χ4n) is 0.857. The van der Waals surface area contributed by atoms with Crippen LogP contribution in [0.25, 0.3) is 0 Å². The summed E-state index contributed by atoms with van der Waals surface area (Å²) in [6.07, 6.45) is -0.494. The average Bonchev–Trinajstić information content (AvgIpc) is 2.17. The van der Waals surface area contributed by atoms with Crippen LogP contribution in [0.15, 0.2) is 30.3 Å². The lowest BCUT2D eigenvalue weighted by molar-refractivity contribution is 0.140. The van der Waals surface area contributed by atoms with Gasteiger partial charge in [-0.2, -0.15) is 0 Å². The number of alkyl carbamates (subject to hydrolysis) is 1. The third-order valence-electron chi connectivity index (χ3n) is 1.46. The van der Waals surface area contributed by atoms with E-state index in [0.29, 0.717) is 0 Å². The Morgan fingerprint density at radius 1 is 1.38 bits per heavy atom. The molecule has 0 heterocycles. The van der Waals surface area contributed by atoms with Crippen molar-refractivity contribution in [2.45, 2.75) is 6.61 Å². The molecule has 0 saturated carbocycles.